The van der Waals surface area contributed by atoms with Gasteiger partial charge in [-0.15, -0.1) is 0 Å². The molecule has 0 radical (unpaired) electrons. The van der Waals surface area contributed by atoms with Crippen LogP contribution in [-0.2, 0) is 22.8 Å². The number of nitrogens with one attached hydrogen (secondary N) is 2. The molecule has 3 fully saturated rings. The second kappa shape index (κ2) is 15.1. The lowest BCUT2D eigenvalue weighted by atomic mass is 9.88. The summed E-state index contributed by atoms with van der Waals surface area (Å²) >= 11 is 0. The van der Waals surface area contributed by atoms with Crippen LogP contribution in [0.15, 0.2) is 58.4 Å². The molecule has 2 unspecified atom stereocenters. The number of likely N-dealkylation sites (tertiary alicyclic amines) is 1. The number of piperidine rings is 2. The number of imidazole rings is 1. The highest BCUT2D eigenvalue weighted by Gasteiger charge is 2.48. The first-order valence-corrected chi connectivity index (χ1v) is 18.1. The zero-order chi connectivity index (χ0) is 39.9. The fourth-order valence-electron chi connectivity index (χ4n) is 7.60. The van der Waals surface area contributed by atoms with Crippen LogP contribution in [-0.4, -0.2) is 85.1 Å². The molecule has 3 amide bonds. The van der Waals surface area contributed by atoms with Gasteiger partial charge in [0.15, 0.2) is 6.10 Å². The molecule has 3 aromatic heterocycles. The summed E-state index contributed by atoms with van der Waals surface area (Å²) in [6, 6.07) is 8.01. The normalized spacial score (nSPS) is 23.3. The van der Waals surface area contributed by atoms with Crippen LogP contribution in [0.5, 0.6) is 5.75 Å². The van der Waals surface area contributed by atoms with Gasteiger partial charge in [0.1, 0.15) is 34.5 Å². The van der Waals surface area contributed by atoms with Crippen molar-refractivity contribution in [2.45, 2.75) is 81.3 Å². The molecule has 56 heavy (non-hydrogen) atoms. The van der Waals surface area contributed by atoms with Crippen LogP contribution in [0.2, 0.25) is 0 Å². The Kier molecular flexibility index (Phi) is 10.4. The van der Waals surface area contributed by atoms with E-state index in [-0.39, 0.29) is 54.1 Å². The second-order valence-corrected chi connectivity index (χ2v) is 14.2. The molecule has 14 nitrogen and oxygen atoms in total. The number of aryl methyl sites for hydroxylation is 1. The molecule has 3 aliphatic rings. The average Bonchev–Trinajstić information content (AvgIpc) is 3.41. The van der Waals surface area contributed by atoms with E-state index >= 15 is 8.78 Å². The highest BCUT2D eigenvalue weighted by atomic mass is 19.4. The number of anilines is 2. The quantitative estimate of drug-likeness (QED) is 0.132. The molecule has 2 atom stereocenters. The lowest BCUT2D eigenvalue weighted by molar-refractivity contribution is -0.147. The maximum Gasteiger partial charge on any atom is 0.433 e. The van der Waals surface area contributed by atoms with Gasteiger partial charge in [0.2, 0.25) is 11.8 Å². The Morgan fingerprint density at radius 2 is 1.82 bits per heavy atom. The number of pyridine rings is 2. The Bertz CT molecular complexity index is 2260. The number of fused-ring (bicyclic) bond motifs is 1. The summed E-state index contributed by atoms with van der Waals surface area (Å²) in [4.78, 5) is 64.0. The Morgan fingerprint density at radius 3 is 2.54 bits per heavy atom. The third-order valence-corrected chi connectivity index (χ3v) is 10.5. The van der Waals surface area contributed by atoms with Crippen LogP contribution in [0.1, 0.15) is 72.7 Å². The maximum atomic E-state index is 15.8. The second-order valence-electron chi connectivity index (χ2n) is 14.2. The smallest absolute Gasteiger partial charge is 0.433 e. The summed E-state index contributed by atoms with van der Waals surface area (Å²) in [5, 5.41) is 4.68. The largest absolute Gasteiger partial charge is 0.482 e. The van der Waals surface area contributed by atoms with Crippen molar-refractivity contribution in [1.82, 2.24) is 29.3 Å². The van der Waals surface area contributed by atoms with E-state index < -0.39 is 65.6 Å². The molecule has 5 heterocycles. The Hall–Kier alpha value is -5.72. The minimum Gasteiger partial charge on any atom is -0.482 e. The number of rotatable bonds is 8. The number of carbonyl (C=O) groups excluding carboxylic acids is 3. The molecule has 2 aliphatic heterocycles. The first kappa shape index (κ1) is 38.6. The summed E-state index contributed by atoms with van der Waals surface area (Å²) in [7, 11) is 1.48. The van der Waals surface area contributed by atoms with Crippen molar-refractivity contribution in [2.24, 2.45) is 12.0 Å². The molecule has 7 rings (SSSR count). The van der Waals surface area contributed by atoms with Gasteiger partial charge in [0.25, 0.3) is 11.8 Å². The summed E-state index contributed by atoms with van der Waals surface area (Å²) in [6.07, 6.45) is -0.618. The predicted octanol–water partition coefficient (Wildman–Crippen LogP) is 4.48. The predicted molar refractivity (Wildman–Crippen MR) is 194 cm³/mol. The van der Waals surface area contributed by atoms with E-state index in [0.29, 0.717) is 43.3 Å². The van der Waals surface area contributed by atoms with Gasteiger partial charge in [0, 0.05) is 44.3 Å². The fraction of sp³-hybridized carbons (Fsp3) is 0.432. The monoisotopic (exact) mass is 783 g/mol. The van der Waals surface area contributed by atoms with Crippen LogP contribution < -0.4 is 26.8 Å². The van der Waals surface area contributed by atoms with E-state index in [1.165, 1.54) is 40.7 Å². The first-order valence-electron chi connectivity index (χ1n) is 18.1. The van der Waals surface area contributed by atoms with Crippen LogP contribution >= 0.6 is 0 Å². The van der Waals surface area contributed by atoms with Crippen molar-refractivity contribution in [3.63, 3.8) is 0 Å². The molecule has 4 aromatic rings. The van der Waals surface area contributed by atoms with E-state index in [9.17, 15) is 32.3 Å². The molecule has 1 saturated carbocycles. The number of alkyl halides is 5. The van der Waals surface area contributed by atoms with E-state index in [1.807, 2.05) is 0 Å². The van der Waals surface area contributed by atoms with Crippen LogP contribution in [0, 0.1) is 0 Å². The van der Waals surface area contributed by atoms with Crippen LogP contribution in [0.4, 0.5) is 33.5 Å². The van der Waals surface area contributed by atoms with Gasteiger partial charge in [-0.25, -0.2) is 23.5 Å². The number of para-hydroxylation sites is 1. The third kappa shape index (κ3) is 7.85. The number of imide groups is 1. The maximum absolute atomic E-state index is 15.8. The van der Waals surface area contributed by atoms with Crippen molar-refractivity contribution in [3.8, 4) is 5.75 Å². The Morgan fingerprint density at radius 1 is 1.07 bits per heavy atom. The molecule has 0 bridgehead atoms. The van der Waals surface area contributed by atoms with E-state index in [0.717, 1.165) is 18.2 Å². The number of hydrogen-bond donors (Lipinski definition) is 3. The Balaban J connectivity index is 0.952. The van der Waals surface area contributed by atoms with Gasteiger partial charge in [-0.3, -0.25) is 38.7 Å². The fourth-order valence-corrected chi connectivity index (χ4v) is 7.60. The number of nitrogens with two attached hydrogens (primary N) is 1. The number of amides is 3. The van der Waals surface area contributed by atoms with Gasteiger partial charge in [0.05, 0.1) is 30.0 Å². The van der Waals surface area contributed by atoms with E-state index in [2.05, 4.69) is 25.6 Å². The molecular weight excluding hydrogens is 745 g/mol. The van der Waals surface area contributed by atoms with Gasteiger partial charge in [-0.05, 0) is 62.4 Å². The summed E-state index contributed by atoms with van der Waals surface area (Å²) in [5.74, 6) is -5.00. The number of hydrogen-bond acceptors (Lipinski definition) is 10. The molecular formula is C37H38F5N9O5. The van der Waals surface area contributed by atoms with Crippen LogP contribution in [0.25, 0.3) is 11.0 Å². The molecule has 1 aromatic carbocycles. The van der Waals surface area contributed by atoms with Gasteiger partial charge < -0.3 is 15.8 Å². The topological polar surface area (TPSA) is 179 Å². The highest BCUT2D eigenvalue weighted by molar-refractivity contribution is 6.03. The number of benzene rings is 1. The molecule has 1 aliphatic carbocycles. The summed E-state index contributed by atoms with van der Waals surface area (Å²) < 4.78 is 79.2. The summed E-state index contributed by atoms with van der Waals surface area (Å²) in [5.41, 5.74) is 5.21. The highest BCUT2D eigenvalue weighted by Crippen LogP contribution is 2.37. The number of aromatic nitrogens is 4. The third-order valence-electron chi connectivity index (χ3n) is 10.5. The van der Waals surface area contributed by atoms with Crippen molar-refractivity contribution >= 4 is 46.5 Å². The minimum absolute atomic E-state index is 0.0350. The zero-order valence-electron chi connectivity index (χ0n) is 30.1. The minimum atomic E-state index is -4.71. The van der Waals surface area contributed by atoms with Gasteiger partial charge in [-0.2, -0.15) is 13.2 Å². The molecule has 2 saturated heterocycles. The lowest BCUT2D eigenvalue weighted by Crippen LogP contribution is -2.57. The van der Waals surface area contributed by atoms with Crippen LogP contribution in [0.3, 0.4) is 0 Å². The number of ether oxygens (including phenoxy) is 1. The van der Waals surface area contributed by atoms with Crippen molar-refractivity contribution in [2.75, 3.05) is 24.1 Å². The lowest BCUT2D eigenvalue weighted by Gasteiger charge is -2.43. The number of aliphatic imine (C=N–C) groups is 1. The molecule has 19 heteroatoms. The SMILES string of the molecule is Cn1c(=O)n(C2CCC(=O)NC2=O)c2cccc(OC3CCN(C4CCC(N=Cc5cc(NC(=O)c6cccc(C(F)(F)F)n6)ncc5N)CC4)CC3(F)F)c21. The summed E-state index contributed by atoms with van der Waals surface area (Å²) in [6.45, 7) is -0.149. The number of nitrogen functional groups attached to an aromatic ring is 1. The van der Waals surface area contributed by atoms with Crippen molar-refractivity contribution in [1.29, 1.82) is 0 Å². The average molecular weight is 784 g/mol. The number of halogens is 5. The van der Waals surface area contributed by atoms with E-state index in [1.54, 1.807) is 17.0 Å². The number of carbonyl (C=O) groups is 3. The zero-order valence-corrected chi connectivity index (χ0v) is 30.1. The van der Waals surface area contributed by atoms with Crippen molar-refractivity contribution < 1.29 is 41.1 Å². The molecule has 0 spiro atoms. The Labute approximate surface area is 315 Å². The van der Waals surface area contributed by atoms with Gasteiger partial charge in [-0.1, -0.05) is 12.1 Å². The molecule has 296 valence electrons. The number of nitrogens with zero attached hydrogens (tertiary/aromatic N) is 6. The van der Waals surface area contributed by atoms with Gasteiger partial charge >= 0.3 is 11.9 Å². The van der Waals surface area contributed by atoms with Crippen molar-refractivity contribution in [3.05, 3.63) is 76.1 Å². The standard InChI is InChI=1S/C37H38F5N9O5/c1-49-32-25(51(35(49)55)26-12-13-31(52)48-34(26)54)5-3-6-27(32)56-29-14-15-50(19-36(29,38)39)22-10-8-21(9-11-22)44-17-20-16-30(45-18-23(20)43)47-33(53)24-4-2-7-28(46-24)37(40,41)42/h2-7,16-18,21-22,26,29H,8-15,19,43H2,1H3,(H,45,47,53)(H,48,52,54). The van der Waals surface area contributed by atoms with E-state index in [4.69, 9.17) is 10.5 Å². The first-order chi connectivity index (χ1) is 26.6. The molecule has 4 N–H and O–H groups in total.